The molecular formula is C13H12Br2O2. The second-order valence-electron chi connectivity index (χ2n) is 3.93. The molecule has 0 spiro atoms. The summed E-state index contributed by atoms with van der Waals surface area (Å²) in [5.74, 6) is 0. The lowest BCUT2D eigenvalue weighted by molar-refractivity contribution is 0.587. The van der Waals surface area contributed by atoms with Gasteiger partial charge >= 0.3 is 0 Å². The summed E-state index contributed by atoms with van der Waals surface area (Å²) in [4.78, 5) is 12.3. The van der Waals surface area contributed by atoms with Crippen LogP contribution in [-0.2, 0) is 6.42 Å². The van der Waals surface area contributed by atoms with Crippen LogP contribution in [0, 0.1) is 0 Å². The van der Waals surface area contributed by atoms with Crippen LogP contribution in [0.25, 0.3) is 11.0 Å². The van der Waals surface area contributed by atoms with E-state index in [0.717, 1.165) is 33.8 Å². The Kier molecular flexibility index (Phi) is 4.05. The van der Waals surface area contributed by atoms with Crippen LogP contribution in [0.3, 0.4) is 0 Å². The lowest BCUT2D eigenvalue weighted by Crippen LogP contribution is -2.09. The molecule has 90 valence electrons. The van der Waals surface area contributed by atoms with E-state index in [1.165, 1.54) is 0 Å². The fourth-order valence-corrected chi connectivity index (χ4v) is 2.66. The predicted octanol–water partition coefficient (Wildman–Crippen LogP) is 4.66. The Morgan fingerprint density at radius 2 is 1.94 bits per heavy atom. The lowest BCUT2D eigenvalue weighted by atomic mass is 10.1. The van der Waals surface area contributed by atoms with Crippen molar-refractivity contribution in [3.63, 3.8) is 0 Å². The molecule has 2 nitrogen and oxygen atoms in total. The van der Waals surface area contributed by atoms with Crippen LogP contribution in [0.5, 0.6) is 0 Å². The van der Waals surface area contributed by atoms with E-state index in [4.69, 9.17) is 4.42 Å². The van der Waals surface area contributed by atoms with E-state index in [0.29, 0.717) is 11.0 Å². The monoisotopic (exact) mass is 358 g/mol. The molecule has 1 heterocycles. The van der Waals surface area contributed by atoms with Crippen LogP contribution in [-0.4, -0.2) is 0 Å². The number of fused-ring (bicyclic) bond motifs is 1. The van der Waals surface area contributed by atoms with Crippen LogP contribution in [0.1, 0.15) is 25.3 Å². The highest BCUT2D eigenvalue weighted by Crippen LogP contribution is 2.28. The van der Waals surface area contributed by atoms with E-state index < -0.39 is 0 Å². The molecule has 0 N–H and O–H groups in total. The zero-order chi connectivity index (χ0) is 12.4. The number of benzene rings is 1. The van der Waals surface area contributed by atoms with E-state index in [1.54, 1.807) is 6.26 Å². The first kappa shape index (κ1) is 12.8. The van der Waals surface area contributed by atoms with Gasteiger partial charge in [-0.15, -0.1) is 0 Å². The van der Waals surface area contributed by atoms with Gasteiger partial charge < -0.3 is 4.42 Å². The quantitative estimate of drug-likeness (QED) is 0.797. The van der Waals surface area contributed by atoms with E-state index >= 15 is 0 Å². The smallest absolute Gasteiger partial charge is 0.197 e. The molecular weight excluding hydrogens is 348 g/mol. The molecule has 0 aliphatic carbocycles. The second kappa shape index (κ2) is 5.36. The third kappa shape index (κ3) is 2.47. The van der Waals surface area contributed by atoms with Gasteiger partial charge in [0.2, 0.25) is 0 Å². The van der Waals surface area contributed by atoms with Crippen LogP contribution < -0.4 is 5.43 Å². The lowest BCUT2D eigenvalue weighted by Gasteiger charge is -2.04. The third-order valence-corrected chi connectivity index (χ3v) is 3.98. The molecule has 0 saturated carbocycles. The molecule has 0 atom stereocenters. The van der Waals surface area contributed by atoms with Crippen molar-refractivity contribution in [3.05, 3.63) is 43.1 Å². The summed E-state index contributed by atoms with van der Waals surface area (Å²) in [6.45, 7) is 2.11. The highest BCUT2D eigenvalue weighted by atomic mass is 79.9. The fraction of sp³-hybridized carbons (Fsp3) is 0.308. The first-order valence-corrected chi connectivity index (χ1v) is 7.12. The van der Waals surface area contributed by atoms with E-state index in [-0.39, 0.29) is 5.43 Å². The molecule has 1 aromatic carbocycles. The molecule has 0 saturated heterocycles. The number of rotatable bonds is 3. The predicted molar refractivity (Wildman–Crippen MR) is 76.5 cm³/mol. The van der Waals surface area contributed by atoms with Crippen LogP contribution >= 0.6 is 31.9 Å². The molecule has 0 bridgehead atoms. The molecule has 0 radical (unpaired) electrons. The molecule has 0 unspecified atom stereocenters. The highest BCUT2D eigenvalue weighted by molar-refractivity contribution is 9.11. The minimum Gasteiger partial charge on any atom is -0.463 e. The van der Waals surface area contributed by atoms with Gasteiger partial charge in [0, 0.05) is 10.0 Å². The van der Waals surface area contributed by atoms with Crippen molar-refractivity contribution in [2.24, 2.45) is 0 Å². The average molecular weight is 360 g/mol. The van der Waals surface area contributed by atoms with Crippen molar-refractivity contribution >= 4 is 42.8 Å². The molecule has 0 amide bonds. The maximum absolute atomic E-state index is 12.3. The normalized spacial score (nSPS) is 11.0. The highest BCUT2D eigenvalue weighted by Gasteiger charge is 2.12. The van der Waals surface area contributed by atoms with Crippen LogP contribution in [0.2, 0.25) is 0 Å². The van der Waals surface area contributed by atoms with Crippen LogP contribution in [0.15, 0.2) is 36.6 Å². The van der Waals surface area contributed by atoms with Gasteiger partial charge in [-0.05, 0) is 56.8 Å². The van der Waals surface area contributed by atoms with Crippen molar-refractivity contribution < 1.29 is 4.42 Å². The largest absolute Gasteiger partial charge is 0.463 e. The second-order valence-corrected chi connectivity index (χ2v) is 5.64. The van der Waals surface area contributed by atoms with Crippen molar-refractivity contribution in [1.29, 1.82) is 0 Å². The van der Waals surface area contributed by atoms with Crippen molar-refractivity contribution in [1.82, 2.24) is 0 Å². The van der Waals surface area contributed by atoms with Gasteiger partial charge in [-0.25, -0.2) is 0 Å². The van der Waals surface area contributed by atoms with Crippen molar-refractivity contribution in [2.75, 3.05) is 0 Å². The Morgan fingerprint density at radius 1 is 1.24 bits per heavy atom. The van der Waals surface area contributed by atoms with Gasteiger partial charge in [-0.1, -0.05) is 13.3 Å². The Labute approximate surface area is 116 Å². The first-order chi connectivity index (χ1) is 8.15. The first-order valence-electron chi connectivity index (χ1n) is 5.53. The topological polar surface area (TPSA) is 30.2 Å². The number of halogens is 2. The Balaban J connectivity index is 2.67. The van der Waals surface area contributed by atoms with Crippen molar-refractivity contribution in [2.45, 2.75) is 26.2 Å². The number of hydrogen-bond acceptors (Lipinski definition) is 2. The summed E-state index contributed by atoms with van der Waals surface area (Å²) in [5, 5.41) is 0.618. The van der Waals surface area contributed by atoms with Gasteiger partial charge in [0.15, 0.2) is 11.0 Å². The summed E-state index contributed by atoms with van der Waals surface area (Å²) in [5.41, 5.74) is 1.41. The molecule has 2 aromatic rings. The van der Waals surface area contributed by atoms with E-state index in [1.807, 2.05) is 12.1 Å². The van der Waals surface area contributed by atoms with Gasteiger partial charge in [-0.2, -0.15) is 0 Å². The SMILES string of the molecule is CCCCc1coc2c(Br)ccc(Br)c2c1=O. The maximum atomic E-state index is 12.3. The van der Waals surface area contributed by atoms with Gasteiger partial charge in [-0.3, -0.25) is 4.79 Å². The maximum Gasteiger partial charge on any atom is 0.197 e. The number of aryl methyl sites for hydroxylation is 1. The summed E-state index contributed by atoms with van der Waals surface area (Å²) in [7, 11) is 0. The summed E-state index contributed by atoms with van der Waals surface area (Å²) < 4.78 is 7.14. The minimum absolute atomic E-state index is 0.0628. The summed E-state index contributed by atoms with van der Waals surface area (Å²) in [6.07, 6.45) is 4.42. The van der Waals surface area contributed by atoms with E-state index in [9.17, 15) is 4.79 Å². The molecule has 1 aromatic heterocycles. The standard InChI is InChI=1S/C13H12Br2O2/c1-2-3-4-8-7-17-13-10(15)6-5-9(14)11(13)12(8)16/h5-7H,2-4H2,1H3. The number of hydrogen-bond donors (Lipinski definition) is 0. The van der Waals surface area contributed by atoms with Crippen LogP contribution in [0.4, 0.5) is 0 Å². The molecule has 0 fully saturated rings. The average Bonchev–Trinajstić information content (AvgIpc) is 2.32. The molecule has 4 heteroatoms. The van der Waals surface area contributed by atoms with Crippen molar-refractivity contribution in [3.8, 4) is 0 Å². The summed E-state index contributed by atoms with van der Waals surface area (Å²) >= 11 is 6.79. The molecule has 0 aliphatic rings. The van der Waals surface area contributed by atoms with Gasteiger partial charge in [0.25, 0.3) is 0 Å². The Bertz CT molecular complexity index is 602. The zero-order valence-corrected chi connectivity index (χ0v) is 12.6. The van der Waals surface area contributed by atoms with Gasteiger partial charge in [0.05, 0.1) is 16.1 Å². The van der Waals surface area contributed by atoms with E-state index in [2.05, 4.69) is 38.8 Å². The third-order valence-electron chi connectivity index (χ3n) is 2.70. The summed E-state index contributed by atoms with van der Waals surface area (Å²) in [6, 6.07) is 3.72. The van der Waals surface area contributed by atoms with Gasteiger partial charge in [0.1, 0.15) is 0 Å². The number of unbranched alkanes of at least 4 members (excludes halogenated alkanes) is 1. The molecule has 17 heavy (non-hydrogen) atoms. The molecule has 0 aliphatic heterocycles. The molecule has 2 rings (SSSR count). The minimum atomic E-state index is 0.0628. The fourth-order valence-electron chi connectivity index (χ4n) is 1.74. The Hall–Kier alpha value is -0.610. The zero-order valence-electron chi connectivity index (χ0n) is 9.43. The Morgan fingerprint density at radius 3 is 2.65 bits per heavy atom.